The molecule has 1 aliphatic heterocycles. The maximum Gasteiger partial charge on any atom is 0.418 e. The highest BCUT2D eigenvalue weighted by Gasteiger charge is 2.41. The largest absolute Gasteiger partial charge is 0.418 e. The highest BCUT2D eigenvalue weighted by Crippen LogP contribution is 2.39. The van der Waals surface area contributed by atoms with Gasteiger partial charge in [0.2, 0.25) is 0 Å². The van der Waals surface area contributed by atoms with Crippen molar-refractivity contribution in [3.8, 4) is 6.07 Å². The molecule has 1 unspecified atom stereocenters. The molecule has 15 heavy (non-hydrogen) atoms. The van der Waals surface area contributed by atoms with Gasteiger partial charge < -0.3 is 4.90 Å². The van der Waals surface area contributed by atoms with E-state index in [1.165, 1.54) is 23.1 Å². The number of rotatable bonds is 1. The first kappa shape index (κ1) is 9.84. The normalized spacial score (nSPS) is 19.9. The zero-order chi connectivity index (χ0) is 11.1. The summed E-state index contributed by atoms with van der Waals surface area (Å²) in [6, 6.07) is 6.82. The SMILES string of the molecule is N#CC1CN1c1ccccc1C(F)(F)F. The fourth-order valence-electron chi connectivity index (χ4n) is 1.48. The lowest BCUT2D eigenvalue weighted by Crippen LogP contribution is -2.10. The number of para-hydroxylation sites is 1. The van der Waals surface area contributed by atoms with Crippen molar-refractivity contribution in [1.82, 2.24) is 0 Å². The Kier molecular flexibility index (Phi) is 2.07. The molecule has 1 aromatic rings. The number of nitriles is 1. The van der Waals surface area contributed by atoms with Gasteiger partial charge in [0.15, 0.2) is 0 Å². The Bertz CT molecular complexity index is 419. The van der Waals surface area contributed by atoms with Crippen molar-refractivity contribution >= 4 is 5.69 Å². The first-order valence-corrected chi connectivity index (χ1v) is 4.36. The quantitative estimate of drug-likeness (QED) is 0.668. The number of alkyl halides is 3. The molecule has 1 aliphatic rings. The van der Waals surface area contributed by atoms with E-state index in [-0.39, 0.29) is 5.69 Å². The van der Waals surface area contributed by atoms with Gasteiger partial charge in [-0.2, -0.15) is 18.4 Å². The van der Waals surface area contributed by atoms with Gasteiger partial charge in [-0.3, -0.25) is 0 Å². The molecule has 1 fully saturated rings. The fraction of sp³-hybridized carbons (Fsp3) is 0.300. The molecular weight excluding hydrogens is 205 g/mol. The van der Waals surface area contributed by atoms with Crippen molar-refractivity contribution in [2.45, 2.75) is 12.2 Å². The molecule has 0 bridgehead atoms. The second-order valence-corrected chi connectivity index (χ2v) is 3.31. The van der Waals surface area contributed by atoms with Crippen molar-refractivity contribution in [1.29, 1.82) is 5.26 Å². The number of hydrogen-bond donors (Lipinski definition) is 0. The Morgan fingerprint density at radius 2 is 2.00 bits per heavy atom. The molecule has 1 aromatic carbocycles. The standard InChI is InChI=1S/C10H7F3N2/c11-10(12,13)8-3-1-2-4-9(8)15-6-7(15)5-14/h1-4,7H,6H2. The van der Waals surface area contributed by atoms with Crippen LogP contribution in [-0.2, 0) is 6.18 Å². The summed E-state index contributed by atoms with van der Waals surface area (Å²) in [7, 11) is 0. The monoisotopic (exact) mass is 212 g/mol. The summed E-state index contributed by atoms with van der Waals surface area (Å²) in [5.74, 6) is 0. The minimum atomic E-state index is -4.36. The highest BCUT2D eigenvalue weighted by molar-refractivity contribution is 5.62. The van der Waals surface area contributed by atoms with E-state index in [2.05, 4.69) is 0 Å². The maximum atomic E-state index is 12.6. The Morgan fingerprint density at radius 1 is 1.33 bits per heavy atom. The van der Waals surface area contributed by atoms with E-state index in [1.807, 2.05) is 6.07 Å². The zero-order valence-electron chi connectivity index (χ0n) is 7.62. The number of halogens is 3. The smallest absolute Gasteiger partial charge is 0.351 e. The van der Waals surface area contributed by atoms with Crippen LogP contribution in [0.25, 0.3) is 0 Å². The number of anilines is 1. The molecule has 1 saturated heterocycles. The third-order valence-electron chi connectivity index (χ3n) is 2.28. The van der Waals surface area contributed by atoms with Crippen LogP contribution in [0, 0.1) is 11.3 Å². The van der Waals surface area contributed by atoms with Gasteiger partial charge in [0, 0.05) is 0 Å². The summed E-state index contributed by atoms with van der Waals surface area (Å²) >= 11 is 0. The Morgan fingerprint density at radius 3 is 2.53 bits per heavy atom. The van der Waals surface area contributed by atoms with E-state index in [1.54, 1.807) is 0 Å². The van der Waals surface area contributed by atoms with E-state index < -0.39 is 17.8 Å². The Hall–Kier alpha value is -1.70. The van der Waals surface area contributed by atoms with Gasteiger partial charge in [0.25, 0.3) is 0 Å². The first-order valence-electron chi connectivity index (χ1n) is 4.36. The van der Waals surface area contributed by atoms with E-state index >= 15 is 0 Å². The van der Waals surface area contributed by atoms with Crippen LogP contribution in [0.5, 0.6) is 0 Å². The second kappa shape index (κ2) is 3.16. The molecule has 1 atom stereocenters. The second-order valence-electron chi connectivity index (χ2n) is 3.31. The van der Waals surface area contributed by atoms with Crippen LogP contribution in [0.1, 0.15) is 5.56 Å². The van der Waals surface area contributed by atoms with Crippen molar-refractivity contribution < 1.29 is 13.2 Å². The molecule has 78 valence electrons. The Labute approximate surface area is 84.5 Å². The van der Waals surface area contributed by atoms with E-state index in [0.29, 0.717) is 6.54 Å². The number of benzene rings is 1. The molecule has 2 nitrogen and oxygen atoms in total. The van der Waals surface area contributed by atoms with Gasteiger partial charge in [-0.25, -0.2) is 0 Å². The molecule has 0 aromatic heterocycles. The molecule has 1 heterocycles. The predicted molar refractivity (Wildman–Crippen MR) is 48.2 cm³/mol. The van der Waals surface area contributed by atoms with Crippen molar-refractivity contribution in [3.05, 3.63) is 29.8 Å². The maximum absolute atomic E-state index is 12.6. The average molecular weight is 212 g/mol. The lowest BCUT2D eigenvalue weighted by Gasteiger charge is -2.13. The van der Waals surface area contributed by atoms with Crippen LogP contribution in [0.15, 0.2) is 24.3 Å². The predicted octanol–water partition coefficient (Wildman–Crippen LogP) is 2.42. The zero-order valence-corrected chi connectivity index (χ0v) is 7.62. The van der Waals surface area contributed by atoms with E-state index in [4.69, 9.17) is 5.26 Å². The minimum absolute atomic E-state index is 0.0940. The third-order valence-corrected chi connectivity index (χ3v) is 2.28. The molecule has 2 rings (SSSR count). The van der Waals surface area contributed by atoms with Crippen molar-refractivity contribution in [2.24, 2.45) is 0 Å². The molecule has 0 N–H and O–H groups in total. The van der Waals surface area contributed by atoms with Crippen molar-refractivity contribution in [2.75, 3.05) is 11.4 Å². The molecule has 0 aliphatic carbocycles. The summed E-state index contributed by atoms with van der Waals surface area (Å²) in [5.41, 5.74) is -0.584. The summed E-state index contributed by atoms with van der Waals surface area (Å²) in [6.07, 6.45) is -4.36. The van der Waals surface area contributed by atoms with Crippen LogP contribution < -0.4 is 4.90 Å². The lowest BCUT2D eigenvalue weighted by atomic mass is 10.1. The van der Waals surface area contributed by atoms with Gasteiger partial charge in [-0.05, 0) is 12.1 Å². The molecule has 0 saturated carbocycles. The summed E-state index contributed by atoms with van der Waals surface area (Å²) < 4.78 is 37.7. The van der Waals surface area contributed by atoms with Gasteiger partial charge in [0.05, 0.1) is 23.9 Å². The van der Waals surface area contributed by atoms with E-state index in [9.17, 15) is 13.2 Å². The van der Waals surface area contributed by atoms with Gasteiger partial charge in [-0.1, -0.05) is 12.1 Å². The first-order chi connectivity index (χ1) is 7.04. The molecule has 5 heteroatoms. The number of hydrogen-bond acceptors (Lipinski definition) is 2. The molecule has 0 spiro atoms. The van der Waals surface area contributed by atoms with E-state index in [0.717, 1.165) is 6.07 Å². The van der Waals surface area contributed by atoms with Gasteiger partial charge >= 0.3 is 6.18 Å². The highest BCUT2D eigenvalue weighted by atomic mass is 19.4. The van der Waals surface area contributed by atoms with Gasteiger partial charge in [-0.15, -0.1) is 0 Å². The lowest BCUT2D eigenvalue weighted by molar-refractivity contribution is -0.137. The molecule has 0 amide bonds. The van der Waals surface area contributed by atoms with Crippen LogP contribution in [-0.4, -0.2) is 12.6 Å². The topological polar surface area (TPSA) is 26.8 Å². The molecular formula is C10H7F3N2. The fourth-order valence-corrected chi connectivity index (χ4v) is 1.48. The van der Waals surface area contributed by atoms with Crippen LogP contribution in [0.4, 0.5) is 18.9 Å². The van der Waals surface area contributed by atoms with Crippen LogP contribution >= 0.6 is 0 Å². The third kappa shape index (κ3) is 1.75. The molecule has 0 radical (unpaired) electrons. The summed E-state index contributed by atoms with van der Waals surface area (Å²) in [6.45, 7) is 0.379. The minimum Gasteiger partial charge on any atom is -0.351 e. The van der Waals surface area contributed by atoms with Crippen LogP contribution in [0.2, 0.25) is 0 Å². The number of nitrogens with zero attached hydrogens (tertiary/aromatic N) is 2. The summed E-state index contributed by atoms with van der Waals surface area (Å²) in [5, 5.41) is 8.56. The average Bonchev–Trinajstić information content (AvgIpc) is 2.95. The van der Waals surface area contributed by atoms with Crippen molar-refractivity contribution in [3.63, 3.8) is 0 Å². The Balaban J connectivity index is 2.37. The van der Waals surface area contributed by atoms with Crippen LogP contribution in [0.3, 0.4) is 0 Å². The van der Waals surface area contributed by atoms with Gasteiger partial charge in [0.1, 0.15) is 6.04 Å². The summed E-state index contributed by atoms with van der Waals surface area (Å²) in [4.78, 5) is 1.43.